The van der Waals surface area contributed by atoms with Gasteiger partial charge in [-0.2, -0.15) is 4.37 Å². The van der Waals surface area contributed by atoms with Crippen LogP contribution in [0, 0.1) is 0 Å². The van der Waals surface area contributed by atoms with Gasteiger partial charge in [0.1, 0.15) is 10.6 Å². The van der Waals surface area contributed by atoms with Gasteiger partial charge in [0.25, 0.3) is 0 Å². The highest BCUT2D eigenvalue weighted by atomic mass is 32.1. The van der Waals surface area contributed by atoms with E-state index in [4.69, 9.17) is 10.5 Å². The second-order valence-corrected chi connectivity index (χ2v) is 5.86. The second-order valence-electron chi connectivity index (χ2n) is 5.11. The molecule has 1 aliphatic rings. The zero-order valence-electron chi connectivity index (χ0n) is 12.3. The third-order valence-electron chi connectivity index (χ3n) is 3.72. The van der Waals surface area contributed by atoms with Gasteiger partial charge in [0.2, 0.25) is 0 Å². The van der Waals surface area contributed by atoms with Crippen LogP contribution in [0.5, 0.6) is 0 Å². The van der Waals surface area contributed by atoms with Crippen molar-refractivity contribution in [3.05, 3.63) is 5.56 Å². The maximum atomic E-state index is 11.9. The van der Waals surface area contributed by atoms with Crippen LogP contribution >= 0.6 is 11.5 Å². The smallest absolute Gasteiger partial charge is 0.344 e. The fourth-order valence-corrected chi connectivity index (χ4v) is 3.54. The predicted molar refractivity (Wildman–Crippen MR) is 81.4 cm³/mol. The third kappa shape index (κ3) is 2.88. The van der Waals surface area contributed by atoms with Crippen molar-refractivity contribution in [3.8, 4) is 0 Å². The summed E-state index contributed by atoms with van der Waals surface area (Å²) < 4.78 is 8.98. The molecule has 0 amide bonds. The number of carbonyl (C=O) groups excluding carboxylic acids is 1. The summed E-state index contributed by atoms with van der Waals surface area (Å²) in [5.41, 5.74) is 6.26. The van der Waals surface area contributed by atoms with Crippen LogP contribution in [0.2, 0.25) is 0 Å². The van der Waals surface area contributed by atoms with Gasteiger partial charge in [0, 0.05) is 19.1 Å². The van der Waals surface area contributed by atoms with Crippen molar-refractivity contribution in [2.24, 2.45) is 0 Å². The minimum Gasteiger partial charge on any atom is -0.465 e. The van der Waals surface area contributed by atoms with E-state index in [2.05, 4.69) is 28.1 Å². The number of carbonyl (C=O) groups is 1. The Labute approximate surface area is 123 Å². The molecule has 1 aliphatic heterocycles. The highest BCUT2D eigenvalue weighted by molar-refractivity contribution is 7.11. The molecule has 1 fully saturated rings. The molecule has 1 atom stereocenters. The summed E-state index contributed by atoms with van der Waals surface area (Å²) in [6.07, 6.45) is 2.08. The van der Waals surface area contributed by atoms with E-state index >= 15 is 0 Å². The first-order valence-electron chi connectivity index (χ1n) is 6.87. The Kier molecular flexibility index (Phi) is 4.82. The molecule has 1 saturated heterocycles. The number of rotatable bonds is 3. The summed E-state index contributed by atoms with van der Waals surface area (Å²) in [5.74, 6) is -0.136. The summed E-state index contributed by atoms with van der Waals surface area (Å²) in [7, 11) is 3.51. The highest BCUT2D eigenvalue weighted by Gasteiger charge is 2.29. The average molecular weight is 298 g/mol. The number of nitrogens with two attached hydrogens (primary N) is 1. The van der Waals surface area contributed by atoms with Gasteiger partial charge in [-0.15, -0.1) is 0 Å². The van der Waals surface area contributed by atoms with Gasteiger partial charge in [0.15, 0.2) is 5.82 Å². The standard InChI is InChI=1S/C13H22N4O2S/c1-4-9-8-16(2)6-5-7-17(9)12-10(13(18)19-3)11(14)15-20-12/h9H,4-8H2,1-3H3,(H2,14,15). The Hall–Kier alpha value is -1.34. The van der Waals surface area contributed by atoms with Crippen LogP contribution in [0.25, 0.3) is 0 Å². The number of anilines is 2. The van der Waals surface area contributed by atoms with Crippen LogP contribution in [-0.2, 0) is 4.74 Å². The summed E-state index contributed by atoms with van der Waals surface area (Å²) in [6.45, 7) is 5.12. The van der Waals surface area contributed by atoms with Crippen LogP contribution in [0.3, 0.4) is 0 Å². The number of hydrogen-bond acceptors (Lipinski definition) is 7. The third-order valence-corrected chi connectivity index (χ3v) is 4.62. The average Bonchev–Trinajstić information content (AvgIpc) is 2.71. The Balaban J connectivity index is 2.35. The van der Waals surface area contributed by atoms with Crippen LogP contribution in [0.15, 0.2) is 0 Å². The van der Waals surface area contributed by atoms with Crippen molar-refractivity contribution in [1.82, 2.24) is 9.27 Å². The van der Waals surface area contributed by atoms with E-state index in [-0.39, 0.29) is 5.82 Å². The molecular weight excluding hydrogens is 276 g/mol. The number of likely N-dealkylation sites (N-methyl/N-ethyl adjacent to an activating group) is 1. The second kappa shape index (κ2) is 6.41. The van der Waals surface area contributed by atoms with Crippen LogP contribution in [0.1, 0.15) is 30.1 Å². The Bertz CT molecular complexity index is 477. The molecule has 1 aromatic heterocycles. The molecule has 20 heavy (non-hydrogen) atoms. The number of aromatic nitrogens is 1. The summed E-state index contributed by atoms with van der Waals surface area (Å²) in [6, 6.07) is 0.366. The number of nitrogen functional groups attached to an aromatic ring is 1. The summed E-state index contributed by atoms with van der Waals surface area (Å²) in [4.78, 5) is 16.5. The van der Waals surface area contributed by atoms with E-state index in [1.54, 1.807) is 0 Å². The molecule has 6 nitrogen and oxygen atoms in total. The molecule has 0 bridgehead atoms. The van der Waals surface area contributed by atoms with Crippen molar-refractivity contribution in [3.63, 3.8) is 0 Å². The monoisotopic (exact) mass is 298 g/mol. The van der Waals surface area contributed by atoms with Gasteiger partial charge >= 0.3 is 5.97 Å². The Morgan fingerprint density at radius 1 is 1.55 bits per heavy atom. The lowest BCUT2D eigenvalue weighted by Gasteiger charge is -2.31. The maximum Gasteiger partial charge on any atom is 0.344 e. The lowest BCUT2D eigenvalue weighted by molar-refractivity contribution is 0.0603. The van der Waals surface area contributed by atoms with E-state index < -0.39 is 5.97 Å². The van der Waals surface area contributed by atoms with Crippen LogP contribution in [-0.4, -0.2) is 55.1 Å². The van der Waals surface area contributed by atoms with Crippen molar-refractivity contribution >= 4 is 28.3 Å². The lowest BCUT2D eigenvalue weighted by atomic mass is 10.1. The zero-order valence-corrected chi connectivity index (χ0v) is 13.1. The minimum atomic E-state index is -0.404. The zero-order chi connectivity index (χ0) is 14.7. The molecule has 0 aliphatic carbocycles. The first kappa shape index (κ1) is 15.1. The molecule has 2 rings (SSSR count). The molecule has 7 heteroatoms. The molecule has 0 saturated carbocycles. The minimum absolute atomic E-state index is 0.268. The van der Waals surface area contributed by atoms with Gasteiger partial charge in [-0.1, -0.05) is 6.92 Å². The van der Waals surface area contributed by atoms with E-state index in [0.717, 1.165) is 37.5 Å². The topological polar surface area (TPSA) is 71.7 Å². The van der Waals surface area contributed by atoms with E-state index in [9.17, 15) is 4.79 Å². The van der Waals surface area contributed by atoms with E-state index in [1.807, 2.05) is 0 Å². The molecule has 0 radical (unpaired) electrons. The molecule has 112 valence electrons. The first-order chi connectivity index (χ1) is 9.58. The largest absolute Gasteiger partial charge is 0.465 e. The van der Waals surface area contributed by atoms with Crippen molar-refractivity contribution < 1.29 is 9.53 Å². The SMILES string of the molecule is CCC1CN(C)CCCN1c1snc(N)c1C(=O)OC. The highest BCUT2D eigenvalue weighted by Crippen LogP contribution is 2.34. The van der Waals surface area contributed by atoms with Crippen LogP contribution in [0.4, 0.5) is 10.8 Å². The van der Waals surface area contributed by atoms with E-state index in [0.29, 0.717) is 11.6 Å². The van der Waals surface area contributed by atoms with Gasteiger partial charge < -0.3 is 20.3 Å². The number of hydrogen-bond donors (Lipinski definition) is 1. The van der Waals surface area contributed by atoms with Gasteiger partial charge in [0.05, 0.1) is 7.11 Å². The molecular formula is C13H22N4O2S. The lowest BCUT2D eigenvalue weighted by Crippen LogP contribution is -2.40. The molecule has 0 spiro atoms. The Morgan fingerprint density at radius 2 is 2.30 bits per heavy atom. The summed E-state index contributed by atoms with van der Waals surface area (Å²) in [5, 5.41) is 0.844. The molecule has 2 heterocycles. The number of nitrogens with zero attached hydrogens (tertiary/aromatic N) is 3. The first-order valence-corrected chi connectivity index (χ1v) is 7.64. The number of methoxy groups -OCH3 is 1. The van der Waals surface area contributed by atoms with Crippen LogP contribution < -0.4 is 10.6 Å². The number of esters is 1. The van der Waals surface area contributed by atoms with Gasteiger partial charge in [-0.25, -0.2) is 4.79 Å². The van der Waals surface area contributed by atoms with Crippen molar-refractivity contribution in [1.29, 1.82) is 0 Å². The van der Waals surface area contributed by atoms with E-state index in [1.165, 1.54) is 18.6 Å². The molecule has 1 aromatic rings. The van der Waals surface area contributed by atoms with Crippen molar-refractivity contribution in [2.75, 3.05) is 44.4 Å². The van der Waals surface area contributed by atoms with Gasteiger partial charge in [-0.3, -0.25) is 0 Å². The normalized spacial score (nSPS) is 20.8. The molecule has 2 N–H and O–H groups in total. The fraction of sp³-hybridized carbons (Fsp3) is 0.692. The fourth-order valence-electron chi connectivity index (χ4n) is 2.64. The van der Waals surface area contributed by atoms with Crippen molar-refractivity contribution in [2.45, 2.75) is 25.8 Å². The maximum absolute atomic E-state index is 11.9. The summed E-state index contributed by atoms with van der Waals surface area (Å²) >= 11 is 1.29. The van der Waals surface area contributed by atoms with Gasteiger partial charge in [-0.05, 0) is 38.0 Å². The molecule has 1 unspecified atom stereocenters. The predicted octanol–water partition coefficient (Wildman–Crippen LogP) is 1.43. The molecule has 0 aromatic carbocycles. The Morgan fingerprint density at radius 3 is 2.95 bits per heavy atom. The quantitative estimate of drug-likeness (QED) is 0.851. The number of ether oxygens (including phenoxy) is 1.